The molecule has 9 heteroatoms. The predicted octanol–water partition coefficient (Wildman–Crippen LogP) is 5.26. The Bertz CT molecular complexity index is 943. The fourth-order valence-corrected chi connectivity index (χ4v) is 4.64. The van der Waals surface area contributed by atoms with Gasteiger partial charge in [0.05, 0.1) is 5.69 Å². The van der Waals surface area contributed by atoms with E-state index < -0.39 is 3.79 Å². The lowest BCUT2D eigenvalue weighted by molar-refractivity contribution is 0.292. The maximum absolute atomic E-state index is 6.31. The van der Waals surface area contributed by atoms with E-state index in [-0.39, 0.29) is 12.0 Å². The van der Waals surface area contributed by atoms with Crippen LogP contribution >= 0.6 is 34.8 Å². The van der Waals surface area contributed by atoms with Gasteiger partial charge >= 0.3 is 0 Å². The average Bonchev–Trinajstić information content (AvgIpc) is 3.34. The Labute approximate surface area is 205 Å². The molecular weight excluding hydrogens is 467 g/mol. The van der Waals surface area contributed by atoms with Crippen LogP contribution in [0.3, 0.4) is 0 Å². The highest BCUT2D eigenvalue weighted by Crippen LogP contribution is 2.41. The fourth-order valence-electron chi connectivity index (χ4n) is 4.16. The van der Waals surface area contributed by atoms with Crippen LogP contribution in [0.5, 0.6) is 0 Å². The first-order valence-corrected chi connectivity index (χ1v) is 12.2. The van der Waals surface area contributed by atoms with E-state index in [2.05, 4.69) is 38.9 Å². The lowest BCUT2D eigenvalue weighted by Crippen LogP contribution is -2.31. The number of hydrogen-bond acceptors (Lipinski definition) is 3. The maximum Gasteiger partial charge on any atom is 0.218 e. The number of hydrogen-bond donors (Lipinski definition) is 2. The first-order valence-electron chi connectivity index (χ1n) is 11.0. The van der Waals surface area contributed by atoms with Crippen molar-refractivity contribution in [2.45, 2.75) is 61.8 Å². The third-order valence-electron chi connectivity index (χ3n) is 5.69. The molecule has 2 aromatic rings. The number of nitrogens with two attached hydrogens (primary N) is 2. The van der Waals surface area contributed by atoms with Crippen LogP contribution in [-0.2, 0) is 16.8 Å². The number of guanidine groups is 1. The van der Waals surface area contributed by atoms with Crippen molar-refractivity contribution in [3.63, 3.8) is 0 Å². The SMILES string of the molecule is CCCCCc1cc(CN2CCCC2/C=N/N=C(N)N)n(-c2ccccc2C(Cl)(Cl)Cl)c1. The summed E-state index contributed by atoms with van der Waals surface area (Å²) in [4.78, 5) is 2.38. The minimum atomic E-state index is -1.51. The van der Waals surface area contributed by atoms with E-state index in [0.717, 1.165) is 50.2 Å². The predicted molar refractivity (Wildman–Crippen MR) is 136 cm³/mol. The highest BCUT2D eigenvalue weighted by Gasteiger charge is 2.28. The number of alkyl halides is 3. The van der Waals surface area contributed by atoms with Gasteiger partial charge in [0.2, 0.25) is 9.75 Å². The van der Waals surface area contributed by atoms with Crippen molar-refractivity contribution in [2.24, 2.45) is 21.7 Å². The molecular formula is C23H31Cl3N6. The molecule has 6 nitrogen and oxygen atoms in total. The van der Waals surface area contributed by atoms with E-state index in [0.29, 0.717) is 5.56 Å². The zero-order valence-corrected chi connectivity index (χ0v) is 20.6. The minimum absolute atomic E-state index is 0.0419. The summed E-state index contributed by atoms with van der Waals surface area (Å²) in [6.07, 6.45) is 10.7. The highest BCUT2D eigenvalue weighted by atomic mass is 35.6. The largest absolute Gasteiger partial charge is 0.369 e. The quantitative estimate of drug-likeness (QED) is 0.163. The summed E-state index contributed by atoms with van der Waals surface area (Å²) >= 11 is 18.9. The first kappa shape index (κ1) is 24.9. The molecule has 3 rings (SSSR count). The molecule has 1 unspecified atom stereocenters. The molecule has 0 radical (unpaired) electrons. The van der Waals surface area contributed by atoms with Crippen LogP contribution < -0.4 is 11.5 Å². The Kier molecular flexibility index (Phi) is 8.88. The minimum Gasteiger partial charge on any atom is -0.369 e. The molecule has 1 atom stereocenters. The van der Waals surface area contributed by atoms with Gasteiger partial charge in [0.15, 0.2) is 0 Å². The fraction of sp³-hybridized carbons (Fsp3) is 0.478. The van der Waals surface area contributed by atoms with Crippen LogP contribution in [0.25, 0.3) is 5.69 Å². The first-order chi connectivity index (χ1) is 15.3. The second-order valence-electron chi connectivity index (χ2n) is 8.15. The zero-order valence-electron chi connectivity index (χ0n) is 18.4. The maximum atomic E-state index is 6.31. The number of para-hydroxylation sites is 1. The number of halogens is 3. The summed E-state index contributed by atoms with van der Waals surface area (Å²) in [5, 5.41) is 7.78. The van der Waals surface area contributed by atoms with Gasteiger partial charge in [-0.25, -0.2) is 0 Å². The molecule has 32 heavy (non-hydrogen) atoms. The van der Waals surface area contributed by atoms with Crippen LogP contribution in [0, 0.1) is 0 Å². The molecule has 1 aromatic carbocycles. The Morgan fingerprint density at radius 3 is 2.72 bits per heavy atom. The number of benzene rings is 1. The summed E-state index contributed by atoms with van der Waals surface area (Å²) in [5.41, 5.74) is 14.8. The van der Waals surface area contributed by atoms with Gasteiger partial charge in [0.25, 0.3) is 0 Å². The van der Waals surface area contributed by atoms with Crippen molar-refractivity contribution >= 4 is 47.0 Å². The van der Waals surface area contributed by atoms with Crippen LogP contribution in [0.4, 0.5) is 0 Å². The molecule has 1 fully saturated rings. The molecule has 1 aliphatic heterocycles. The van der Waals surface area contributed by atoms with Crippen molar-refractivity contribution in [3.05, 3.63) is 53.3 Å². The van der Waals surface area contributed by atoms with E-state index in [1.807, 2.05) is 30.5 Å². The third-order valence-corrected chi connectivity index (χ3v) is 6.30. The standard InChI is InChI=1S/C23H31Cl3N6/c1-2-3-4-8-17-13-19(16-31-12-7-9-18(31)14-29-30-22(27)28)32(15-17)21-11-6-5-10-20(21)23(24,25)26/h5-6,10-11,13-15,18H,2-4,7-9,12,16H2,1H3,(H4,27,28,30)/b29-14+. The Morgan fingerprint density at radius 2 is 2.00 bits per heavy atom. The van der Waals surface area contributed by atoms with Crippen LogP contribution in [0.15, 0.2) is 46.7 Å². The normalized spacial score (nSPS) is 17.3. The molecule has 0 amide bonds. The highest BCUT2D eigenvalue weighted by molar-refractivity contribution is 6.66. The number of aryl methyl sites for hydroxylation is 1. The van der Waals surface area contributed by atoms with Crippen molar-refractivity contribution in [3.8, 4) is 5.69 Å². The van der Waals surface area contributed by atoms with E-state index in [1.54, 1.807) is 0 Å². The summed E-state index contributed by atoms with van der Waals surface area (Å²) in [7, 11) is 0. The van der Waals surface area contributed by atoms with Crippen molar-refractivity contribution in [1.29, 1.82) is 0 Å². The summed E-state index contributed by atoms with van der Waals surface area (Å²) in [6, 6.07) is 10.2. The Morgan fingerprint density at radius 1 is 1.22 bits per heavy atom. The lowest BCUT2D eigenvalue weighted by Gasteiger charge is -2.23. The second kappa shape index (κ2) is 11.4. The van der Waals surface area contributed by atoms with Gasteiger partial charge in [0.1, 0.15) is 0 Å². The Balaban J connectivity index is 1.93. The molecule has 0 saturated carbocycles. The van der Waals surface area contributed by atoms with Gasteiger partial charge in [-0.3, -0.25) is 4.90 Å². The van der Waals surface area contributed by atoms with Crippen LogP contribution in [0.2, 0.25) is 0 Å². The van der Waals surface area contributed by atoms with Gasteiger partial charge in [-0.2, -0.15) is 5.10 Å². The van der Waals surface area contributed by atoms with E-state index >= 15 is 0 Å². The zero-order chi connectivity index (χ0) is 23.1. The molecule has 4 N–H and O–H groups in total. The van der Waals surface area contributed by atoms with E-state index in [9.17, 15) is 0 Å². The van der Waals surface area contributed by atoms with Gasteiger partial charge in [-0.05, 0) is 49.9 Å². The molecule has 2 heterocycles. The van der Waals surface area contributed by atoms with E-state index in [1.165, 1.54) is 18.4 Å². The smallest absolute Gasteiger partial charge is 0.218 e. The summed E-state index contributed by atoms with van der Waals surface area (Å²) in [6.45, 7) is 3.94. The van der Waals surface area contributed by atoms with Gasteiger partial charge in [-0.1, -0.05) is 72.8 Å². The molecule has 0 bridgehead atoms. The Hall–Kier alpha value is -1.73. The monoisotopic (exact) mass is 496 g/mol. The van der Waals surface area contributed by atoms with Crippen molar-refractivity contribution in [2.75, 3.05) is 6.54 Å². The summed E-state index contributed by atoms with van der Waals surface area (Å²) in [5.74, 6) is -0.0419. The molecule has 1 aliphatic rings. The van der Waals surface area contributed by atoms with Crippen LogP contribution in [0.1, 0.15) is 55.8 Å². The lowest BCUT2D eigenvalue weighted by atomic mass is 10.1. The van der Waals surface area contributed by atoms with Gasteiger partial charge < -0.3 is 16.0 Å². The molecule has 174 valence electrons. The number of aromatic nitrogens is 1. The van der Waals surface area contributed by atoms with Crippen molar-refractivity contribution in [1.82, 2.24) is 9.47 Å². The molecule has 1 aromatic heterocycles. The van der Waals surface area contributed by atoms with Crippen molar-refractivity contribution < 1.29 is 0 Å². The third kappa shape index (κ3) is 6.64. The van der Waals surface area contributed by atoms with Crippen LogP contribution in [-0.4, -0.2) is 34.2 Å². The molecule has 0 aliphatic carbocycles. The summed E-state index contributed by atoms with van der Waals surface area (Å²) < 4.78 is 0.657. The molecule has 1 saturated heterocycles. The number of likely N-dealkylation sites (tertiary alicyclic amines) is 1. The number of rotatable bonds is 9. The van der Waals surface area contributed by atoms with E-state index in [4.69, 9.17) is 46.3 Å². The number of unbranched alkanes of at least 4 members (excludes halogenated alkanes) is 2. The second-order valence-corrected chi connectivity index (χ2v) is 10.4. The topological polar surface area (TPSA) is 84.9 Å². The van der Waals surface area contributed by atoms with Gasteiger partial charge in [0, 0.05) is 36.3 Å². The average molecular weight is 498 g/mol. The van der Waals surface area contributed by atoms with Gasteiger partial charge in [-0.15, -0.1) is 5.10 Å². The molecule has 0 spiro atoms. The number of nitrogens with zero attached hydrogens (tertiary/aromatic N) is 4.